The van der Waals surface area contributed by atoms with Crippen molar-refractivity contribution in [2.45, 2.75) is 0 Å². The van der Waals surface area contributed by atoms with E-state index in [0.29, 0.717) is 10.1 Å². The van der Waals surface area contributed by atoms with Crippen molar-refractivity contribution < 1.29 is 0 Å². The summed E-state index contributed by atoms with van der Waals surface area (Å²) in [6.45, 7) is 0. The van der Waals surface area contributed by atoms with E-state index in [1.807, 2.05) is 24.3 Å². The highest BCUT2D eigenvalue weighted by molar-refractivity contribution is 9.10. The molecule has 0 saturated heterocycles. The lowest BCUT2D eigenvalue weighted by molar-refractivity contribution is 1.03. The van der Waals surface area contributed by atoms with Crippen LogP contribution in [0.3, 0.4) is 0 Å². The van der Waals surface area contributed by atoms with Gasteiger partial charge >= 0.3 is 0 Å². The smallest absolute Gasteiger partial charge is 0.228 e. The summed E-state index contributed by atoms with van der Waals surface area (Å²) in [5.41, 5.74) is 0.872. The molecule has 1 aromatic carbocycles. The molecule has 2 aromatic rings. The summed E-state index contributed by atoms with van der Waals surface area (Å²) in [4.78, 5) is 0. The van der Waals surface area contributed by atoms with Gasteiger partial charge < -0.3 is 0 Å². The van der Waals surface area contributed by atoms with E-state index in [1.165, 1.54) is 0 Å². The number of nitrogens with one attached hydrogen (secondary N) is 1. The van der Waals surface area contributed by atoms with Gasteiger partial charge in [-0.25, -0.2) is 0 Å². The molecule has 14 heavy (non-hydrogen) atoms. The van der Waals surface area contributed by atoms with Gasteiger partial charge in [-0.15, -0.1) is 5.10 Å². The Morgan fingerprint density at radius 3 is 2.71 bits per heavy atom. The lowest BCUT2D eigenvalue weighted by atomic mass is 10.3. The van der Waals surface area contributed by atoms with E-state index in [4.69, 9.17) is 23.8 Å². The fourth-order valence-corrected chi connectivity index (χ4v) is 2.08. The van der Waals surface area contributed by atoms with Crippen molar-refractivity contribution in [2.24, 2.45) is 0 Å². The third-order valence-corrected chi connectivity index (χ3v) is 2.92. The zero-order chi connectivity index (χ0) is 10.1. The van der Waals surface area contributed by atoms with Crippen molar-refractivity contribution in [3.63, 3.8) is 0 Å². The van der Waals surface area contributed by atoms with E-state index in [2.05, 4.69) is 26.1 Å². The predicted molar refractivity (Wildman–Crippen MR) is 61.5 cm³/mol. The summed E-state index contributed by atoms with van der Waals surface area (Å²) < 4.78 is 3.04. The number of rotatable bonds is 1. The molecule has 0 saturated carbocycles. The number of hydrogen-bond acceptors (Lipinski definition) is 2. The van der Waals surface area contributed by atoms with Crippen LogP contribution in [0.2, 0.25) is 5.28 Å². The summed E-state index contributed by atoms with van der Waals surface area (Å²) in [5, 5.41) is 6.77. The van der Waals surface area contributed by atoms with Gasteiger partial charge in [0.15, 0.2) is 0 Å². The van der Waals surface area contributed by atoms with Gasteiger partial charge in [-0.3, -0.25) is 9.67 Å². The van der Waals surface area contributed by atoms with Crippen molar-refractivity contribution in [1.29, 1.82) is 0 Å². The maximum Gasteiger partial charge on any atom is 0.228 e. The second-order valence-corrected chi connectivity index (χ2v) is 4.16. The minimum Gasteiger partial charge on any atom is -0.258 e. The molecule has 3 nitrogen and oxygen atoms in total. The van der Waals surface area contributed by atoms with Crippen molar-refractivity contribution >= 4 is 39.7 Å². The Kier molecular flexibility index (Phi) is 2.71. The SMILES string of the molecule is S=c1[nH]nc(Cl)n1-c1ccccc1Br. The van der Waals surface area contributed by atoms with Crippen LogP contribution in [0.4, 0.5) is 0 Å². The van der Waals surface area contributed by atoms with Crippen LogP contribution in [0, 0.1) is 4.77 Å². The first-order chi connectivity index (χ1) is 6.70. The van der Waals surface area contributed by atoms with Crippen LogP contribution in [-0.2, 0) is 0 Å². The van der Waals surface area contributed by atoms with Crippen LogP contribution in [0.5, 0.6) is 0 Å². The third kappa shape index (κ3) is 1.63. The molecule has 1 heterocycles. The maximum atomic E-state index is 5.88. The van der Waals surface area contributed by atoms with Crippen LogP contribution < -0.4 is 0 Å². The fourth-order valence-electron chi connectivity index (χ4n) is 1.12. The molecule has 0 aliphatic carbocycles. The van der Waals surface area contributed by atoms with Gasteiger partial charge in [0.2, 0.25) is 10.1 Å². The third-order valence-electron chi connectivity index (χ3n) is 1.72. The molecule has 0 unspecified atom stereocenters. The number of para-hydroxylation sites is 1. The van der Waals surface area contributed by atoms with Gasteiger partial charge in [0.05, 0.1) is 5.69 Å². The van der Waals surface area contributed by atoms with Crippen LogP contribution >= 0.6 is 39.7 Å². The van der Waals surface area contributed by atoms with Crippen molar-refractivity contribution in [3.8, 4) is 5.69 Å². The van der Waals surface area contributed by atoms with Crippen LogP contribution in [0.1, 0.15) is 0 Å². The lowest BCUT2D eigenvalue weighted by Gasteiger charge is -2.04. The summed E-state index contributed by atoms with van der Waals surface area (Å²) in [5.74, 6) is 0. The molecule has 1 N–H and O–H groups in total. The quantitative estimate of drug-likeness (QED) is 0.817. The minimum atomic E-state index is 0.321. The van der Waals surface area contributed by atoms with E-state index < -0.39 is 0 Å². The van der Waals surface area contributed by atoms with Crippen molar-refractivity contribution in [3.05, 3.63) is 38.8 Å². The maximum absolute atomic E-state index is 5.88. The van der Waals surface area contributed by atoms with Gasteiger partial charge in [0, 0.05) is 4.47 Å². The van der Waals surface area contributed by atoms with Gasteiger partial charge in [0.25, 0.3) is 0 Å². The molecule has 0 bridgehead atoms. The zero-order valence-electron chi connectivity index (χ0n) is 6.87. The molecule has 2 rings (SSSR count). The molecule has 0 aliphatic heterocycles. The number of halogens is 2. The summed E-state index contributed by atoms with van der Waals surface area (Å²) >= 11 is 14.4. The van der Waals surface area contributed by atoms with E-state index in [1.54, 1.807) is 4.57 Å². The largest absolute Gasteiger partial charge is 0.258 e. The van der Waals surface area contributed by atoms with Gasteiger partial charge in [-0.05, 0) is 51.9 Å². The number of aromatic nitrogens is 3. The highest BCUT2D eigenvalue weighted by atomic mass is 79.9. The Balaban J connectivity index is 2.72. The first kappa shape index (κ1) is 9.89. The van der Waals surface area contributed by atoms with Crippen LogP contribution in [0.15, 0.2) is 28.7 Å². The minimum absolute atomic E-state index is 0.321. The number of hydrogen-bond donors (Lipinski definition) is 1. The summed E-state index contributed by atoms with van der Waals surface area (Å²) in [7, 11) is 0. The Morgan fingerprint density at radius 2 is 2.14 bits per heavy atom. The van der Waals surface area contributed by atoms with Gasteiger partial charge in [-0.2, -0.15) is 0 Å². The van der Waals surface area contributed by atoms with Crippen LogP contribution in [0.25, 0.3) is 5.69 Å². The predicted octanol–water partition coefficient (Wildman–Crippen LogP) is 3.35. The first-order valence-electron chi connectivity index (χ1n) is 3.78. The number of aromatic amines is 1. The highest BCUT2D eigenvalue weighted by Gasteiger charge is 2.07. The number of H-pyrrole nitrogens is 1. The first-order valence-corrected chi connectivity index (χ1v) is 5.36. The lowest BCUT2D eigenvalue weighted by Crippen LogP contribution is -1.94. The molecule has 1 aromatic heterocycles. The summed E-state index contributed by atoms with van der Waals surface area (Å²) in [6.07, 6.45) is 0. The molecule has 0 spiro atoms. The highest BCUT2D eigenvalue weighted by Crippen LogP contribution is 2.23. The average Bonchev–Trinajstić information content (AvgIpc) is 2.48. The molecule has 0 amide bonds. The number of benzene rings is 1. The Hall–Kier alpha value is -0.650. The topological polar surface area (TPSA) is 33.6 Å². The van der Waals surface area contributed by atoms with Crippen LogP contribution in [-0.4, -0.2) is 14.8 Å². The summed E-state index contributed by atoms with van der Waals surface area (Å²) in [6, 6.07) is 7.65. The fraction of sp³-hybridized carbons (Fsp3) is 0. The van der Waals surface area contributed by atoms with Crippen molar-refractivity contribution in [2.75, 3.05) is 0 Å². The molecule has 0 atom stereocenters. The molecule has 6 heteroatoms. The molecule has 0 radical (unpaired) electrons. The van der Waals surface area contributed by atoms with Crippen molar-refractivity contribution in [1.82, 2.24) is 14.8 Å². The molecule has 0 aliphatic rings. The van der Waals surface area contributed by atoms with E-state index >= 15 is 0 Å². The molecule has 72 valence electrons. The van der Waals surface area contributed by atoms with E-state index in [9.17, 15) is 0 Å². The molecular formula is C8H5BrClN3S. The second-order valence-electron chi connectivity index (χ2n) is 2.58. The standard InChI is InChI=1S/C8H5BrClN3S/c9-5-3-1-2-4-6(5)13-7(10)11-12-8(13)14/h1-4H,(H,12,14). The Labute approximate surface area is 98.8 Å². The average molecular weight is 291 g/mol. The zero-order valence-corrected chi connectivity index (χ0v) is 10.0. The van der Waals surface area contributed by atoms with Gasteiger partial charge in [-0.1, -0.05) is 12.1 Å². The number of nitrogens with zero attached hydrogens (tertiary/aromatic N) is 2. The molecule has 0 fully saturated rings. The van der Waals surface area contributed by atoms with Gasteiger partial charge in [0.1, 0.15) is 0 Å². The monoisotopic (exact) mass is 289 g/mol. The van der Waals surface area contributed by atoms with E-state index in [0.717, 1.165) is 10.2 Å². The second kappa shape index (κ2) is 3.84. The normalized spacial score (nSPS) is 10.4. The van der Waals surface area contributed by atoms with E-state index in [-0.39, 0.29) is 0 Å². The molecular weight excluding hydrogens is 286 g/mol. The Bertz CT molecular complexity index is 519. The Morgan fingerprint density at radius 1 is 1.43 bits per heavy atom.